The van der Waals surface area contributed by atoms with Gasteiger partial charge < -0.3 is 5.73 Å². The van der Waals surface area contributed by atoms with Gasteiger partial charge in [0.2, 0.25) is 10.0 Å². The van der Waals surface area contributed by atoms with Crippen LogP contribution in [0.15, 0.2) is 29.2 Å². The first-order valence-electron chi connectivity index (χ1n) is 5.77. The van der Waals surface area contributed by atoms with Gasteiger partial charge in [0.15, 0.2) is 0 Å². The Hall–Kier alpha value is -1.24. The molecule has 0 aliphatic rings. The van der Waals surface area contributed by atoms with Gasteiger partial charge in [-0.15, -0.1) is 0 Å². The largest absolute Gasteiger partial charge is 0.330 e. The number of benzene rings is 1. The lowest BCUT2D eigenvalue weighted by molar-refractivity contribution is -0.119. The van der Waals surface area contributed by atoms with Crippen molar-refractivity contribution in [3.63, 3.8) is 0 Å². The van der Waals surface area contributed by atoms with Crippen molar-refractivity contribution in [2.75, 3.05) is 6.54 Å². The Morgan fingerprint density at radius 1 is 1.11 bits per heavy atom. The van der Waals surface area contributed by atoms with Crippen LogP contribution in [0.2, 0.25) is 0 Å². The number of rotatable bonds is 7. The molecule has 0 radical (unpaired) electrons. The number of sulfonamides is 1. The van der Waals surface area contributed by atoms with E-state index in [9.17, 15) is 13.2 Å². The highest BCUT2D eigenvalue weighted by Gasteiger charge is 2.07. The van der Waals surface area contributed by atoms with Crippen LogP contribution in [-0.2, 0) is 21.2 Å². The average Bonchev–Trinajstić information content (AvgIpc) is 2.33. The minimum atomic E-state index is -3.64. The molecule has 1 aromatic carbocycles. The normalized spacial score (nSPS) is 11.4. The van der Waals surface area contributed by atoms with Crippen molar-refractivity contribution in [2.45, 2.75) is 30.6 Å². The summed E-state index contributed by atoms with van der Waals surface area (Å²) < 4.78 is 22.1. The summed E-state index contributed by atoms with van der Waals surface area (Å²) in [5, 5.41) is 4.99. The fourth-order valence-electron chi connectivity index (χ4n) is 1.55. The van der Waals surface area contributed by atoms with Gasteiger partial charge in [0.05, 0.1) is 4.90 Å². The zero-order chi connectivity index (χ0) is 13.6. The highest BCUT2D eigenvalue weighted by Crippen LogP contribution is 2.11. The van der Waals surface area contributed by atoms with Crippen molar-refractivity contribution in [3.8, 4) is 0 Å². The minimum absolute atomic E-state index is 0.0840. The lowest BCUT2D eigenvalue weighted by Gasteiger charge is -2.03. The molecule has 1 rings (SSSR count). The van der Waals surface area contributed by atoms with Crippen LogP contribution < -0.4 is 10.9 Å². The van der Waals surface area contributed by atoms with Crippen molar-refractivity contribution in [2.24, 2.45) is 10.9 Å². The Balaban J connectivity index is 2.52. The first-order chi connectivity index (χ1) is 8.43. The first kappa shape index (κ1) is 14.8. The van der Waals surface area contributed by atoms with E-state index < -0.39 is 10.0 Å². The number of carbonyl (C=O) groups is 1. The van der Waals surface area contributed by atoms with E-state index in [0.717, 1.165) is 5.56 Å². The fraction of sp³-hybridized carbons (Fsp3) is 0.417. The minimum Gasteiger partial charge on any atom is -0.330 e. The van der Waals surface area contributed by atoms with Gasteiger partial charge in [-0.25, -0.2) is 13.6 Å². The summed E-state index contributed by atoms with van der Waals surface area (Å²) in [7, 11) is -3.64. The Morgan fingerprint density at radius 2 is 1.72 bits per heavy atom. The van der Waals surface area contributed by atoms with E-state index in [1.807, 2.05) is 0 Å². The smallest absolute Gasteiger partial charge is 0.238 e. The lowest BCUT2D eigenvalue weighted by Crippen LogP contribution is -2.12. The molecule has 4 N–H and O–H groups in total. The maximum Gasteiger partial charge on any atom is 0.238 e. The van der Waals surface area contributed by atoms with E-state index >= 15 is 0 Å². The Kier molecular flexibility index (Phi) is 5.46. The second-order valence-corrected chi connectivity index (χ2v) is 5.68. The van der Waals surface area contributed by atoms with E-state index in [2.05, 4.69) is 0 Å². The number of ketones is 1. The molecule has 0 saturated heterocycles. The molecular weight excluding hydrogens is 252 g/mol. The van der Waals surface area contributed by atoms with Crippen LogP contribution in [-0.4, -0.2) is 20.7 Å². The van der Waals surface area contributed by atoms with E-state index in [4.69, 9.17) is 10.9 Å². The summed E-state index contributed by atoms with van der Waals surface area (Å²) >= 11 is 0. The molecule has 0 aliphatic heterocycles. The van der Waals surface area contributed by atoms with Gasteiger partial charge >= 0.3 is 0 Å². The first-order valence-corrected chi connectivity index (χ1v) is 7.31. The van der Waals surface area contributed by atoms with Gasteiger partial charge in [-0.1, -0.05) is 12.1 Å². The monoisotopic (exact) mass is 270 g/mol. The maximum atomic E-state index is 11.4. The fourth-order valence-corrected chi connectivity index (χ4v) is 2.07. The second-order valence-electron chi connectivity index (χ2n) is 4.12. The maximum absolute atomic E-state index is 11.4. The molecule has 0 aromatic heterocycles. The van der Waals surface area contributed by atoms with Crippen LogP contribution in [0.25, 0.3) is 0 Å². The molecule has 5 nitrogen and oxygen atoms in total. The van der Waals surface area contributed by atoms with Gasteiger partial charge in [-0.05, 0) is 37.1 Å². The molecule has 0 fully saturated rings. The highest BCUT2D eigenvalue weighted by atomic mass is 32.2. The van der Waals surface area contributed by atoms with Crippen LogP contribution in [0.5, 0.6) is 0 Å². The van der Waals surface area contributed by atoms with E-state index in [1.54, 1.807) is 12.1 Å². The SMILES string of the molecule is NCCCC(=O)CCc1ccc(S(N)(=O)=O)cc1. The Bertz CT molecular complexity index is 495. The molecule has 0 heterocycles. The number of nitrogens with two attached hydrogens (primary N) is 2. The van der Waals surface area contributed by atoms with Crippen LogP contribution >= 0.6 is 0 Å². The van der Waals surface area contributed by atoms with Crippen LogP contribution in [0.4, 0.5) is 0 Å². The molecule has 0 saturated carbocycles. The lowest BCUT2D eigenvalue weighted by atomic mass is 10.1. The summed E-state index contributed by atoms with van der Waals surface area (Å²) in [6, 6.07) is 6.26. The van der Waals surface area contributed by atoms with E-state index in [-0.39, 0.29) is 10.7 Å². The molecule has 100 valence electrons. The van der Waals surface area contributed by atoms with Crippen molar-refractivity contribution >= 4 is 15.8 Å². The number of hydrogen-bond donors (Lipinski definition) is 2. The predicted molar refractivity (Wildman–Crippen MR) is 69.4 cm³/mol. The zero-order valence-electron chi connectivity index (χ0n) is 10.1. The topological polar surface area (TPSA) is 103 Å². The summed E-state index contributed by atoms with van der Waals surface area (Å²) in [6.45, 7) is 0.523. The van der Waals surface area contributed by atoms with E-state index in [1.165, 1.54) is 12.1 Å². The molecule has 0 aliphatic carbocycles. The van der Waals surface area contributed by atoms with Gasteiger partial charge in [0.1, 0.15) is 5.78 Å². The Labute approximate surface area is 107 Å². The number of carbonyl (C=O) groups excluding carboxylic acids is 1. The highest BCUT2D eigenvalue weighted by molar-refractivity contribution is 7.89. The number of hydrogen-bond acceptors (Lipinski definition) is 4. The van der Waals surface area contributed by atoms with Crippen molar-refractivity contribution < 1.29 is 13.2 Å². The third kappa shape index (κ3) is 4.95. The van der Waals surface area contributed by atoms with E-state index in [0.29, 0.717) is 32.2 Å². The van der Waals surface area contributed by atoms with Gasteiger partial charge in [0, 0.05) is 12.8 Å². The van der Waals surface area contributed by atoms with Crippen molar-refractivity contribution in [3.05, 3.63) is 29.8 Å². The average molecular weight is 270 g/mol. The second kappa shape index (κ2) is 6.63. The van der Waals surface area contributed by atoms with Crippen molar-refractivity contribution in [1.29, 1.82) is 0 Å². The van der Waals surface area contributed by atoms with Crippen LogP contribution in [0, 0.1) is 0 Å². The Morgan fingerprint density at radius 3 is 2.22 bits per heavy atom. The quantitative estimate of drug-likeness (QED) is 0.756. The molecule has 0 spiro atoms. The van der Waals surface area contributed by atoms with Crippen molar-refractivity contribution in [1.82, 2.24) is 0 Å². The predicted octanol–water partition coefficient (Wildman–Crippen LogP) is 0.575. The number of primary sulfonamides is 1. The summed E-state index contributed by atoms with van der Waals surface area (Å²) in [5.41, 5.74) is 6.24. The molecule has 0 amide bonds. The summed E-state index contributed by atoms with van der Waals surface area (Å²) in [4.78, 5) is 11.5. The van der Waals surface area contributed by atoms with Gasteiger partial charge in [-0.3, -0.25) is 4.79 Å². The molecule has 6 heteroatoms. The third-order valence-electron chi connectivity index (χ3n) is 2.60. The van der Waals surface area contributed by atoms with Crippen LogP contribution in [0.3, 0.4) is 0 Å². The molecule has 18 heavy (non-hydrogen) atoms. The molecule has 0 bridgehead atoms. The zero-order valence-corrected chi connectivity index (χ0v) is 10.9. The summed E-state index contributed by atoms with van der Waals surface area (Å²) in [5.74, 6) is 0.177. The third-order valence-corrected chi connectivity index (χ3v) is 3.53. The van der Waals surface area contributed by atoms with Crippen LogP contribution in [0.1, 0.15) is 24.8 Å². The van der Waals surface area contributed by atoms with Gasteiger partial charge in [0.25, 0.3) is 0 Å². The number of Topliss-reactive ketones (excluding diaryl/α,β-unsaturated/α-hetero) is 1. The number of aryl methyl sites for hydroxylation is 1. The molecular formula is C12H18N2O3S. The molecule has 0 atom stereocenters. The molecule has 1 aromatic rings. The van der Waals surface area contributed by atoms with Gasteiger partial charge in [-0.2, -0.15) is 0 Å². The standard InChI is InChI=1S/C12H18N2O3S/c13-9-1-2-11(15)6-3-10-4-7-12(8-5-10)18(14,16)17/h4-5,7-8H,1-3,6,9,13H2,(H2,14,16,17). The summed E-state index contributed by atoms with van der Waals surface area (Å²) in [6.07, 6.45) is 2.28. The molecule has 0 unspecified atom stereocenters.